The number of carbonyl (C=O) groups excluding carboxylic acids is 1. The summed E-state index contributed by atoms with van der Waals surface area (Å²) in [4.78, 5) is 31.3. The number of para-hydroxylation sites is 1. The van der Waals surface area contributed by atoms with Gasteiger partial charge in [-0.25, -0.2) is 0 Å². The van der Waals surface area contributed by atoms with E-state index in [4.69, 9.17) is 28.6 Å². The van der Waals surface area contributed by atoms with Crippen molar-refractivity contribution >= 4 is 68.5 Å². The number of anilines is 1. The quantitative estimate of drug-likeness (QED) is 0.335. The number of benzene rings is 2. The van der Waals surface area contributed by atoms with Crippen LogP contribution in [0.3, 0.4) is 0 Å². The fourth-order valence-electron chi connectivity index (χ4n) is 4.90. The molecule has 2 saturated heterocycles. The van der Waals surface area contributed by atoms with Crippen LogP contribution in [0.5, 0.6) is 0 Å². The fourth-order valence-corrected chi connectivity index (χ4v) is 6.33. The first-order valence-corrected chi connectivity index (χ1v) is 13.4. The van der Waals surface area contributed by atoms with E-state index in [1.807, 2.05) is 56.3 Å². The number of halogens is 1. The Morgan fingerprint density at radius 2 is 1.75 bits per heavy atom. The average Bonchev–Trinajstić information content (AvgIpc) is 3.10. The first-order valence-electron chi connectivity index (χ1n) is 11.8. The van der Waals surface area contributed by atoms with Crippen LogP contribution in [0.15, 0.2) is 58.2 Å². The summed E-state index contributed by atoms with van der Waals surface area (Å²) in [6.45, 7) is 5.64. The molecule has 3 heterocycles. The number of pyridine rings is 1. The highest BCUT2D eigenvalue weighted by atomic mass is 35.5. The van der Waals surface area contributed by atoms with Gasteiger partial charge in [-0.3, -0.25) is 14.5 Å². The standard InChI is InChI=1S/C27H26ClN3O3S2/c1-16-13-30(14-17(2)34-16)24-19-9-5-7-11-22(19)29(3)25(32)20(24)12-23-26(33)31(27(35)36-23)15-18-8-4-6-10-21(18)28/h4-12,16-17H,13-15H2,1-3H3. The lowest BCUT2D eigenvalue weighted by Crippen LogP contribution is -2.46. The molecular weight excluding hydrogens is 514 g/mol. The number of hydrogen-bond donors (Lipinski definition) is 0. The van der Waals surface area contributed by atoms with E-state index in [-0.39, 0.29) is 30.2 Å². The van der Waals surface area contributed by atoms with Crippen LogP contribution in [0, 0.1) is 0 Å². The number of rotatable bonds is 4. The molecule has 5 rings (SSSR count). The third kappa shape index (κ3) is 4.59. The van der Waals surface area contributed by atoms with Gasteiger partial charge in [-0.2, -0.15) is 0 Å². The van der Waals surface area contributed by atoms with Crippen molar-refractivity contribution in [1.29, 1.82) is 0 Å². The minimum atomic E-state index is -0.227. The van der Waals surface area contributed by atoms with E-state index in [9.17, 15) is 9.59 Å². The van der Waals surface area contributed by atoms with Crippen molar-refractivity contribution < 1.29 is 9.53 Å². The second-order valence-electron chi connectivity index (χ2n) is 9.17. The van der Waals surface area contributed by atoms with Gasteiger partial charge in [0.1, 0.15) is 4.32 Å². The summed E-state index contributed by atoms with van der Waals surface area (Å²) in [5.74, 6) is -0.227. The highest BCUT2D eigenvalue weighted by Gasteiger charge is 2.34. The molecule has 36 heavy (non-hydrogen) atoms. The van der Waals surface area contributed by atoms with Crippen LogP contribution >= 0.6 is 35.6 Å². The zero-order valence-electron chi connectivity index (χ0n) is 20.2. The molecule has 186 valence electrons. The van der Waals surface area contributed by atoms with Gasteiger partial charge >= 0.3 is 0 Å². The summed E-state index contributed by atoms with van der Waals surface area (Å²) in [6.07, 6.45) is 1.73. The minimum absolute atomic E-state index is 0.0123. The summed E-state index contributed by atoms with van der Waals surface area (Å²) >= 11 is 13.1. The van der Waals surface area contributed by atoms with Gasteiger partial charge in [-0.15, -0.1) is 0 Å². The Kier molecular flexibility index (Phi) is 6.96. The molecule has 2 aliphatic heterocycles. The molecule has 6 nitrogen and oxygen atoms in total. The Morgan fingerprint density at radius 1 is 1.08 bits per heavy atom. The first kappa shape index (κ1) is 25.0. The molecule has 0 N–H and O–H groups in total. The highest BCUT2D eigenvalue weighted by Crippen LogP contribution is 2.37. The third-order valence-corrected chi connectivity index (χ3v) is 8.23. The molecule has 2 atom stereocenters. The summed E-state index contributed by atoms with van der Waals surface area (Å²) < 4.78 is 8.04. The maximum absolute atomic E-state index is 13.7. The number of amides is 1. The molecule has 2 aliphatic rings. The number of nitrogens with zero attached hydrogens (tertiary/aromatic N) is 3. The number of morpholine rings is 1. The lowest BCUT2D eigenvalue weighted by Gasteiger charge is -2.38. The summed E-state index contributed by atoms with van der Waals surface area (Å²) in [7, 11) is 1.76. The maximum Gasteiger partial charge on any atom is 0.266 e. The zero-order chi connectivity index (χ0) is 25.6. The van der Waals surface area contributed by atoms with Gasteiger partial charge in [-0.05, 0) is 37.6 Å². The second-order valence-corrected chi connectivity index (χ2v) is 11.2. The molecule has 1 amide bonds. The zero-order valence-corrected chi connectivity index (χ0v) is 22.6. The monoisotopic (exact) mass is 539 g/mol. The molecule has 9 heteroatoms. The topological polar surface area (TPSA) is 54.8 Å². The van der Waals surface area contributed by atoms with Crippen molar-refractivity contribution in [3.63, 3.8) is 0 Å². The number of carbonyl (C=O) groups is 1. The lowest BCUT2D eigenvalue weighted by atomic mass is 10.0. The summed E-state index contributed by atoms with van der Waals surface area (Å²) in [5.41, 5.74) is 2.80. The van der Waals surface area contributed by atoms with E-state index in [0.29, 0.717) is 32.9 Å². The van der Waals surface area contributed by atoms with Crippen LogP contribution in [0.2, 0.25) is 5.02 Å². The van der Waals surface area contributed by atoms with Gasteiger partial charge in [0.25, 0.3) is 11.5 Å². The molecule has 3 aromatic rings. The molecular formula is C27H26ClN3O3S2. The number of hydrogen-bond acceptors (Lipinski definition) is 6. The molecule has 0 saturated carbocycles. The van der Waals surface area contributed by atoms with E-state index in [2.05, 4.69) is 4.90 Å². The molecule has 1 aromatic heterocycles. The van der Waals surface area contributed by atoms with Gasteiger partial charge < -0.3 is 14.2 Å². The Morgan fingerprint density at radius 3 is 2.47 bits per heavy atom. The average molecular weight is 540 g/mol. The van der Waals surface area contributed by atoms with Crippen molar-refractivity contribution in [3.8, 4) is 0 Å². The first-order chi connectivity index (χ1) is 17.2. The van der Waals surface area contributed by atoms with Crippen molar-refractivity contribution in [2.75, 3.05) is 18.0 Å². The largest absolute Gasteiger partial charge is 0.372 e. The van der Waals surface area contributed by atoms with E-state index in [1.165, 1.54) is 16.7 Å². The van der Waals surface area contributed by atoms with Crippen molar-refractivity contribution in [1.82, 2.24) is 9.47 Å². The highest BCUT2D eigenvalue weighted by molar-refractivity contribution is 8.26. The van der Waals surface area contributed by atoms with Crippen LogP contribution < -0.4 is 10.5 Å². The number of thioether (sulfide) groups is 1. The Balaban J connectivity index is 1.62. The molecule has 2 fully saturated rings. The van der Waals surface area contributed by atoms with E-state index in [0.717, 1.165) is 22.2 Å². The van der Waals surface area contributed by atoms with Crippen molar-refractivity contribution in [3.05, 3.63) is 79.9 Å². The van der Waals surface area contributed by atoms with Gasteiger partial charge in [0.2, 0.25) is 0 Å². The summed E-state index contributed by atoms with van der Waals surface area (Å²) in [6, 6.07) is 15.3. The summed E-state index contributed by atoms with van der Waals surface area (Å²) in [5, 5.41) is 1.54. The molecule has 2 unspecified atom stereocenters. The van der Waals surface area contributed by atoms with Crippen LogP contribution in [-0.4, -0.2) is 45.0 Å². The van der Waals surface area contributed by atoms with Crippen molar-refractivity contribution in [2.24, 2.45) is 7.05 Å². The van der Waals surface area contributed by atoms with Gasteiger partial charge in [0.15, 0.2) is 0 Å². The lowest BCUT2D eigenvalue weighted by molar-refractivity contribution is -0.122. The molecule has 0 aliphatic carbocycles. The smallest absolute Gasteiger partial charge is 0.266 e. The number of ether oxygens (including phenoxy) is 1. The molecule has 0 radical (unpaired) electrons. The van der Waals surface area contributed by atoms with Gasteiger partial charge in [0.05, 0.1) is 40.4 Å². The predicted molar refractivity (Wildman–Crippen MR) is 152 cm³/mol. The van der Waals surface area contributed by atoms with E-state index < -0.39 is 0 Å². The van der Waals surface area contributed by atoms with Crippen LogP contribution in [-0.2, 0) is 23.1 Å². The Bertz CT molecular complexity index is 1460. The number of thiocarbonyl (C=S) groups is 1. The number of aromatic nitrogens is 1. The van der Waals surface area contributed by atoms with Gasteiger partial charge in [-0.1, -0.05) is 72.0 Å². The molecule has 2 aromatic carbocycles. The maximum atomic E-state index is 13.7. The number of fused-ring (bicyclic) bond motifs is 1. The Labute approximate surface area is 224 Å². The minimum Gasteiger partial charge on any atom is -0.372 e. The fraction of sp³-hybridized carbons (Fsp3) is 0.296. The third-order valence-electron chi connectivity index (χ3n) is 6.48. The molecule has 0 spiro atoms. The van der Waals surface area contributed by atoms with E-state index in [1.54, 1.807) is 23.8 Å². The predicted octanol–water partition coefficient (Wildman–Crippen LogP) is 5.21. The number of aryl methyl sites for hydroxylation is 1. The van der Waals surface area contributed by atoms with E-state index >= 15 is 0 Å². The van der Waals surface area contributed by atoms with Crippen LogP contribution in [0.4, 0.5) is 5.69 Å². The normalized spacial score (nSPS) is 21.7. The molecule has 0 bridgehead atoms. The van der Waals surface area contributed by atoms with Crippen LogP contribution in [0.1, 0.15) is 25.0 Å². The Hall–Kier alpha value is -2.65. The SMILES string of the molecule is CC1CN(c2c(C=C3SC(=S)N(Cc4ccccc4Cl)C3=O)c(=O)n(C)c3ccccc23)CC(C)O1. The van der Waals surface area contributed by atoms with Gasteiger partial charge in [0, 0.05) is 30.5 Å². The second kappa shape index (κ2) is 10.0. The van der Waals surface area contributed by atoms with Crippen molar-refractivity contribution in [2.45, 2.75) is 32.6 Å². The van der Waals surface area contributed by atoms with Crippen LogP contribution in [0.25, 0.3) is 17.0 Å².